The molecule has 2 nitrogen and oxygen atoms in total. The lowest BCUT2D eigenvalue weighted by Gasteiger charge is -2.22. The molecule has 84 valence electrons. The number of aliphatic hydroxyl groups is 1. The summed E-state index contributed by atoms with van der Waals surface area (Å²) in [6, 6.07) is 5.78. The summed E-state index contributed by atoms with van der Waals surface area (Å²) in [6.45, 7) is 5.98. The Bertz CT molecular complexity index is 300. The summed E-state index contributed by atoms with van der Waals surface area (Å²) in [5, 5.41) is 9.73. The highest BCUT2D eigenvalue weighted by atomic mass is 19.1. The van der Waals surface area contributed by atoms with Crippen LogP contribution < -0.4 is 0 Å². The van der Waals surface area contributed by atoms with Crippen LogP contribution in [0.25, 0.3) is 0 Å². The van der Waals surface area contributed by atoms with Crippen molar-refractivity contribution in [2.75, 3.05) is 6.61 Å². The topological polar surface area (TPSA) is 29.5 Å². The SMILES string of the molecule is CC(C)(C)OCC(O)c1ccc(F)cc1. The van der Waals surface area contributed by atoms with Crippen molar-refractivity contribution in [3.63, 3.8) is 0 Å². The first-order valence-electron chi connectivity index (χ1n) is 4.96. The smallest absolute Gasteiger partial charge is 0.123 e. The molecule has 0 aliphatic carbocycles. The maximum Gasteiger partial charge on any atom is 0.123 e. The predicted octanol–water partition coefficient (Wildman–Crippen LogP) is 2.67. The second-order valence-corrected chi connectivity index (χ2v) is 4.49. The number of hydrogen-bond acceptors (Lipinski definition) is 2. The molecule has 0 fully saturated rings. The molecular formula is C12H17FO2. The highest BCUT2D eigenvalue weighted by molar-refractivity contribution is 5.18. The Morgan fingerprint density at radius 3 is 2.27 bits per heavy atom. The molecule has 0 saturated carbocycles. The summed E-state index contributed by atoms with van der Waals surface area (Å²) >= 11 is 0. The van der Waals surface area contributed by atoms with Crippen LogP contribution in [0.4, 0.5) is 4.39 Å². The lowest BCUT2D eigenvalue weighted by Crippen LogP contribution is -2.22. The minimum absolute atomic E-state index is 0.217. The first-order chi connectivity index (χ1) is 6.88. The standard InChI is InChI=1S/C12H17FO2/c1-12(2,3)15-8-11(14)9-4-6-10(13)7-5-9/h4-7,11,14H,8H2,1-3H3. The Morgan fingerprint density at radius 1 is 1.27 bits per heavy atom. The van der Waals surface area contributed by atoms with Crippen LogP contribution >= 0.6 is 0 Å². The van der Waals surface area contributed by atoms with Crippen LogP contribution in [0.1, 0.15) is 32.4 Å². The Labute approximate surface area is 89.7 Å². The molecule has 15 heavy (non-hydrogen) atoms. The number of benzene rings is 1. The summed E-state index contributed by atoms with van der Waals surface area (Å²) in [6.07, 6.45) is -0.704. The molecule has 0 aromatic heterocycles. The van der Waals surface area contributed by atoms with E-state index in [1.807, 2.05) is 20.8 Å². The molecule has 0 aliphatic rings. The molecule has 1 N–H and O–H groups in total. The van der Waals surface area contributed by atoms with Crippen molar-refractivity contribution in [2.24, 2.45) is 0 Å². The van der Waals surface area contributed by atoms with E-state index in [4.69, 9.17) is 4.74 Å². The molecule has 0 radical (unpaired) electrons. The quantitative estimate of drug-likeness (QED) is 0.834. The van der Waals surface area contributed by atoms with Crippen molar-refractivity contribution in [2.45, 2.75) is 32.5 Å². The first-order valence-corrected chi connectivity index (χ1v) is 4.96. The van der Waals surface area contributed by atoms with Crippen LogP contribution in [0.3, 0.4) is 0 Å². The van der Waals surface area contributed by atoms with E-state index in [1.54, 1.807) is 12.1 Å². The molecule has 1 aromatic carbocycles. The van der Waals surface area contributed by atoms with Crippen LogP contribution in [-0.2, 0) is 4.74 Å². The molecule has 1 atom stereocenters. The zero-order chi connectivity index (χ0) is 11.5. The molecular weight excluding hydrogens is 195 g/mol. The van der Waals surface area contributed by atoms with Gasteiger partial charge in [-0.3, -0.25) is 0 Å². The molecule has 0 spiro atoms. The number of rotatable bonds is 3. The zero-order valence-electron chi connectivity index (χ0n) is 9.33. The Kier molecular flexibility index (Phi) is 3.83. The van der Waals surface area contributed by atoms with Crippen LogP contribution in [0.15, 0.2) is 24.3 Å². The third-order valence-corrected chi connectivity index (χ3v) is 1.93. The highest BCUT2D eigenvalue weighted by Gasteiger charge is 2.14. The lowest BCUT2D eigenvalue weighted by atomic mass is 10.1. The molecule has 1 aromatic rings. The van der Waals surface area contributed by atoms with E-state index in [9.17, 15) is 9.50 Å². The van der Waals surface area contributed by atoms with Crippen molar-refractivity contribution < 1.29 is 14.2 Å². The van der Waals surface area contributed by atoms with Crippen molar-refractivity contribution >= 4 is 0 Å². The summed E-state index contributed by atoms with van der Waals surface area (Å²) in [5.74, 6) is -0.303. The fraction of sp³-hybridized carbons (Fsp3) is 0.500. The van der Waals surface area contributed by atoms with Gasteiger partial charge in [0.2, 0.25) is 0 Å². The van der Waals surface area contributed by atoms with Crippen LogP contribution in [-0.4, -0.2) is 17.3 Å². The molecule has 0 bridgehead atoms. The molecule has 1 unspecified atom stereocenters. The van der Waals surface area contributed by atoms with Gasteiger partial charge in [0.05, 0.1) is 12.2 Å². The Balaban J connectivity index is 2.54. The summed E-state index contributed by atoms with van der Waals surface area (Å²) in [4.78, 5) is 0. The van der Waals surface area contributed by atoms with Gasteiger partial charge < -0.3 is 9.84 Å². The minimum Gasteiger partial charge on any atom is -0.386 e. The fourth-order valence-electron chi connectivity index (χ4n) is 1.11. The summed E-state index contributed by atoms with van der Waals surface area (Å²) in [7, 11) is 0. The average molecular weight is 212 g/mol. The molecule has 3 heteroatoms. The van der Waals surface area contributed by atoms with Gasteiger partial charge in [0.1, 0.15) is 11.9 Å². The molecule has 0 aliphatic heterocycles. The number of hydrogen-bond donors (Lipinski definition) is 1. The molecule has 1 rings (SSSR count). The van der Waals surface area contributed by atoms with E-state index >= 15 is 0 Å². The largest absolute Gasteiger partial charge is 0.386 e. The normalized spacial score (nSPS) is 13.9. The van der Waals surface area contributed by atoms with Gasteiger partial charge >= 0.3 is 0 Å². The van der Waals surface area contributed by atoms with Gasteiger partial charge in [-0.05, 0) is 38.5 Å². The predicted molar refractivity (Wildman–Crippen MR) is 57.1 cm³/mol. The van der Waals surface area contributed by atoms with Gasteiger partial charge in [-0.25, -0.2) is 4.39 Å². The van der Waals surface area contributed by atoms with Gasteiger partial charge in [-0.15, -0.1) is 0 Å². The Morgan fingerprint density at radius 2 is 1.80 bits per heavy atom. The monoisotopic (exact) mass is 212 g/mol. The number of ether oxygens (including phenoxy) is 1. The van der Waals surface area contributed by atoms with E-state index in [-0.39, 0.29) is 18.0 Å². The maximum absolute atomic E-state index is 12.6. The van der Waals surface area contributed by atoms with E-state index in [2.05, 4.69) is 0 Å². The van der Waals surface area contributed by atoms with E-state index < -0.39 is 6.10 Å². The minimum atomic E-state index is -0.704. The van der Waals surface area contributed by atoms with Crippen LogP contribution in [0.2, 0.25) is 0 Å². The van der Waals surface area contributed by atoms with Crippen molar-refractivity contribution in [1.29, 1.82) is 0 Å². The third kappa shape index (κ3) is 4.40. The second-order valence-electron chi connectivity index (χ2n) is 4.49. The van der Waals surface area contributed by atoms with Gasteiger partial charge in [-0.2, -0.15) is 0 Å². The number of aliphatic hydroxyl groups excluding tert-OH is 1. The van der Waals surface area contributed by atoms with Crippen LogP contribution in [0, 0.1) is 5.82 Å². The van der Waals surface area contributed by atoms with Crippen molar-refractivity contribution in [3.8, 4) is 0 Å². The summed E-state index contributed by atoms with van der Waals surface area (Å²) in [5.41, 5.74) is 0.390. The van der Waals surface area contributed by atoms with Crippen molar-refractivity contribution in [1.82, 2.24) is 0 Å². The first kappa shape index (κ1) is 12.1. The van der Waals surface area contributed by atoms with Crippen LogP contribution in [0.5, 0.6) is 0 Å². The van der Waals surface area contributed by atoms with Gasteiger partial charge in [0.25, 0.3) is 0 Å². The third-order valence-electron chi connectivity index (χ3n) is 1.93. The van der Waals surface area contributed by atoms with Crippen molar-refractivity contribution in [3.05, 3.63) is 35.6 Å². The maximum atomic E-state index is 12.6. The van der Waals surface area contributed by atoms with Gasteiger partial charge in [0, 0.05) is 0 Å². The zero-order valence-corrected chi connectivity index (χ0v) is 9.33. The summed E-state index contributed by atoms with van der Waals surface area (Å²) < 4.78 is 18.0. The van der Waals surface area contributed by atoms with E-state index in [0.717, 1.165) is 0 Å². The van der Waals surface area contributed by atoms with E-state index in [1.165, 1.54) is 12.1 Å². The molecule has 0 amide bonds. The fourth-order valence-corrected chi connectivity index (χ4v) is 1.11. The average Bonchev–Trinajstić information content (AvgIpc) is 2.14. The lowest BCUT2D eigenvalue weighted by molar-refractivity contribution is -0.0496. The Hall–Kier alpha value is -0.930. The van der Waals surface area contributed by atoms with Gasteiger partial charge in [0.15, 0.2) is 0 Å². The van der Waals surface area contributed by atoms with E-state index in [0.29, 0.717) is 5.56 Å². The molecule has 0 saturated heterocycles. The number of halogens is 1. The highest BCUT2D eigenvalue weighted by Crippen LogP contribution is 2.16. The van der Waals surface area contributed by atoms with Gasteiger partial charge in [-0.1, -0.05) is 12.1 Å². The molecule has 0 heterocycles. The second kappa shape index (κ2) is 4.73.